The Kier molecular flexibility index (Phi) is 7.91. The Morgan fingerprint density at radius 2 is 1.58 bits per heavy atom. The van der Waals surface area contributed by atoms with E-state index in [0.29, 0.717) is 24.5 Å². The van der Waals surface area contributed by atoms with Gasteiger partial charge in [-0.25, -0.2) is 0 Å². The molecule has 1 unspecified atom stereocenters. The van der Waals surface area contributed by atoms with Gasteiger partial charge in [-0.15, -0.1) is 0 Å². The van der Waals surface area contributed by atoms with Crippen molar-refractivity contribution in [3.8, 4) is 0 Å². The van der Waals surface area contributed by atoms with Crippen LogP contribution in [0.15, 0.2) is 24.3 Å². The van der Waals surface area contributed by atoms with Crippen LogP contribution in [-0.4, -0.2) is 43.4 Å². The van der Waals surface area contributed by atoms with Crippen molar-refractivity contribution in [1.82, 2.24) is 5.32 Å². The summed E-state index contributed by atoms with van der Waals surface area (Å²) in [6.07, 6.45) is 0. The topological polar surface area (TPSA) is 91.7 Å². The zero-order valence-corrected chi connectivity index (χ0v) is 14.7. The van der Waals surface area contributed by atoms with Crippen molar-refractivity contribution in [2.24, 2.45) is 0 Å². The van der Waals surface area contributed by atoms with Crippen molar-refractivity contribution >= 4 is 29.1 Å². The molecule has 0 spiro atoms. The average molecular weight is 335 g/mol. The highest BCUT2D eigenvalue weighted by molar-refractivity contribution is 5.92. The normalized spacial score (nSPS) is 12.8. The fourth-order valence-electron chi connectivity index (χ4n) is 2.35. The van der Waals surface area contributed by atoms with Gasteiger partial charge in [0, 0.05) is 24.8 Å². The SMILES string of the molecule is CCNC(=O)[C@@H](C)[NH+](CC)CC(=O)Nc1ccc(NC(C)=O)cc1. The summed E-state index contributed by atoms with van der Waals surface area (Å²) in [7, 11) is 0. The van der Waals surface area contributed by atoms with E-state index in [1.807, 2.05) is 20.8 Å². The van der Waals surface area contributed by atoms with Gasteiger partial charge in [-0.2, -0.15) is 0 Å². The number of anilines is 2. The standard InChI is InChI=1S/C17H26N4O3/c1-5-18-17(24)12(3)21(6-2)11-16(23)20-15-9-7-14(8-10-15)19-13(4)22/h7-10,12H,5-6,11H2,1-4H3,(H,18,24)(H,19,22)(H,20,23)/p+1/t12-/m1/s1. The summed E-state index contributed by atoms with van der Waals surface area (Å²) in [4.78, 5) is 36.0. The van der Waals surface area contributed by atoms with Gasteiger partial charge in [-0.3, -0.25) is 14.4 Å². The van der Waals surface area contributed by atoms with Gasteiger partial charge in [0.2, 0.25) is 5.91 Å². The van der Waals surface area contributed by atoms with Crippen LogP contribution >= 0.6 is 0 Å². The van der Waals surface area contributed by atoms with Gasteiger partial charge in [0.15, 0.2) is 12.6 Å². The molecule has 0 fully saturated rings. The van der Waals surface area contributed by atoms with Gasteiger partial charge in [0.05, 0.1) is 6.54 Å². The summed E-state index contributed by atoms with van der Waals surface area (Å²) < 4.78 is 0. The fourth-order valence-corrected chi connectivity index (χ4v) is 2.35. The van der Waals surface area contributed by atoms with Crippen LogP contribution < -0.4 is 20.9 Å². The van der Waals surface area contributed by atoms with Crippen molar-refractivity contribution in [3.05, 3.63) is 24.3 Å². The number of amides is 3. The van der Waals surface area contributed by atoms with Crippen LogP contribution in [-0.2, 0) is 14.4 Å². The van der Waals surface area contributed by atoms with Crippen molar-refractivity contribution in [2.75, 3.05) is 30.3 Å². The molecule has 0 aliphatic carbocycles. The Bertz CT molecular complexity index is 572. The van der Waals surface area contributed by atoms with Crippen molar-refractivity contribution < 1.29 is 19.3 Å². The second-order valence-corrected chi connectivity index (χ2v) is 5.61. The summed E-state index contributed by atoms with van der Waals surface area (Å²) in [5, 5.41) is 8.25. The Morgan fingerprint density at radius 3 is 2.04 bits per heavy atom. The number of hydrogen-bond donors (Lipinski definition) is 4. The predicted molar refractivity (Wildman–Crippen MR) is 93.9 cm³/mol. The minimum Gasteiger partial charge on any atom is -0.351 e. The van der Waals surface area contributed by atoms with Gasteiger partial charge in [-0.1, -0.05) is 0 Å². The minimum absolute atomic E-state index is 0.0539. The molecule has 24 heavy (non-hydrogen) atoms. The van der Waals surface area contributed by atoms with E-state index >= 15 is 0 Å². The molecule has 4 N–H and O–H groups in total. The van der Waals surface area contributed by atoms with Crippen LogP contribution in [0.1, 0.15) is 27.7 Å². The highest BCUT2D eigenvalue weighted by Gasteiger charge is 2.25. The lowest BCUT2D eigenvalue weighted by molar-refractivity contribution is -0.904. The molecule has 1 rings (SSSR count). The van der Waals surface area contributed by atoms with Gasteiger partial charge in [0.25, 0.3) is 11.8 Å². The van der Waals surface area contributed by atoms with Gasteiger partial charge in [-0.05, 0) is 45.0 Å². The van der Waals surface area contributed by atoms with E-state index in [4.69, 9.17) is 0 Å². The molecule has 0 heterocycles. The Hall–Kier alpha value is -2.41. The number of likely N-dealkylation sites (N-methyl/N-ethyl adjacent to an activating group) is 2. The van der Waals surface area contributed by atoms with E-state index in [1.165, 1.54) is 6.92 Å². The molecule has 132 valence electrons. The number of quaternary nitrogens is 1. The van der Waals surface area contributed by atoms with Crippen molar-refractivity contribution in [2.45, 2.75) is 33.7 Å². The van der Waals surface area contributed by atoms with Crippen LogP contribution in [0.5, 0.6) is 0 Å². The predicted octanol–water partition coefficient (Wildman–Crippen LogP) is 0.0129. The molecule has 0 aliphatic rings. The van der Waals surface area contributed by atoms with Crippen LogP contribution in [0.4, 0.5) is 11.4 Å². The van der Waals surface area contributed by atoms with Crippen LogP contribution in [0.2, 0.25) is 0 Å². The molecule has 0 saturated carbocycles. The highest BCUT2D eigenvalue weighted by Crippen LogP contribution is 2.13. The lowest BCUT2D eigenvalue weighted by atomic mass is 10.2. The summed E-state index contributed by atoms with van der Waals surface area (Å²) in [5.41, 5.74) is 1.32. The molecule has 2 atom stereocenters. The lowest BCUT2D eigenvalue weighted by Gasteiger charge is -2.23. The third-order valence-electron chi connectivity index (χ3n) is 3.69. The number of rotatable bonds is 8. The Morgan fingerprint density at radius 1 is 1.04 bits per heavy atom. The Labute approximate surface area is 142 Å². The first-order valence-corrected chi connectivity index (χ1v) is 8.17. The maximum Gasteiger partial charge on any atom is 0.279 e. The highest BCUT2D eigenvalue weighted by atomic mass is 16.2. The molecule has 0 saturated heterocycles. The smallest absolute Gasteiger partial charge is 0.279 e. The number of hydrogen-bond acceptors (Lipinski definition) is 3. The van der Waals surface area contributed by atoms with Gasteiger partial charge in [0.1, 0.15) is 0 Å². The monoisotopic (exact) mass is 335 g/mol. The Balaban J connectivity index is 2.60. The molecular weight excluding hydrogens is 308 g/mol. The van der Waals surface area contributed by atoms with E-state index in [0.717, 1.165) is 4.90 Å². The van der Waals surface area contributed by atoms with Crippen molar-refractivity contribution in [1.29, 1.82) is 0 Å². The molecule has 0 aliphatic heterocycles. The molecule has 7 heteroatoms. The van der Waals surface area contributed by atoms with Crippen molar-refractivity contribution in [3.63, 3.8) is 0 Å². The first kappa shape index (κ1) is 19.6. The first-order chi connectivity index (χ1) is 11.4. The molecule has 3 amide bonds. The second-order valence-electron chi connectivity index (χ2n) is 5.61. The van der Waals surface area contributed by atoms with E-state index in [2.05, 4.69) is 16.0 Å². The van der Waals surface area contributed by atoms with E-state index in [-0.39, 0.29) is 30.3 Å². The quantitative estimate of drug-likeness (QED) is 0.539. The van der Waals surface area contributed by atoms with Crippen LogP contribution in [0.3, 0.4) is 0 Å². The van der Waals surface area contributed by atoms with E-state index in [1.54, 1.807) is 24.3 Å². The molecule has 1 aromatic carbocycles. The molecule has 7 nitrogen and oxygen atoms in total. The zero-order valence-electron chi connectivity index (χ0n) is 14.7. The second kappa shape index (κ2) is 9.67. The third-order valence-corrected chi connectivity index (χ3v) is 3.69. The number of carbonyl (C=O) groups excluding carboxylic acids is 3. The van der Waals surface area contributed by atoms with Gasteiger partial charge >= 0.3 is 0 Å². The number of benzene rings is 1. The third kappa shape index (κ3) is 6.37. The lowest BCUT2D eigenvalue weighted by Crippen LogP contribution is -3.17. The maximum absolute atomic E-state index is 12.2. The number of carbonyl (C=O) groups is 3. The summed E-state index contributed by atoms with van der Waals surface area (Å²) in [5.74, 6) is -0.356. The molecule has 1 aromatic rings. The summed E-state index contributed by atoms with van der Waals surface area (Å²) in [6.45, 7) is 8.53. The molecule has 0 radical (unpaired) electrons. The summed E-state index contributed by atoms with van der Waals surface area (Å²) in [6, 6.07) is 6.60. The van der Waals surface area contributed by atoms with Crippen LogP contribution in [0.25, 0.3) is 0 Å². The van der Waals surface area contributed by atoms with E-state index in [9.17, 15) is 14.4 Å². The average Bonchev–Trinajstić information content (AvgIpc) is 2.53. The molecular formula is C17H27N4O3+. The maximum atomic E-state index is 12.2. The van der Waals surface area contributed by atoms with Gasteiger partial charge < -0.3 is 20.9 Å². The van der Waals surface area contributed by atoms with Crippen LogP contribution in [0, 0.1) is 0 Å². The largest absolute Gasteiger partial charge is 0.351 e. The number of nitrogens with one attached hydrogen (secondary N) is 4. The summed E-state index contributed by atoms with van der Waals surface area (Å²) >= 11 is 0. The molecule has 0 bridgehead atoms. The fraction of sp³-hybridized carbons (Fsp3) is 0.471. The molecule has 0 aromatic heterocycles. The van der Waals surface area contributed by atoms with E-state index < -0.39 is 0 Å². The minimum atomic E-state index is -0.289. The zero-order chi connectivity index (χ0) is 18.1. The first-order valence-electron chi connectivity index (χ1n) is 8.17.